The van der Waals surface area contributed by atoms with Crippen LogP contribution in [-0.2, 0) is 16.4 Å². The monoisotopic (exact) mass is 466 g/mol. The Kier molecular flexibility index (Phi) is 6.29. The summed E-state index contributed by atoms with van der Waals surface area (Å²) >= 11 is 0. The first kappa shape index (κ1) is 22.7. The first-order valence-electron chi connectivity index (χ1n) is 10.6. The fourth-order valence-electron chi connectivity index (χ4n) is 3.97. The molecule has 0 spiro atoms. The van der Waals surface area contributed by atoms with Gasteiger partial charge in [-0.1, -0.05) is 30.3 Å². The van der Waals surface area contributed by atoms with E-state index in [1.807, 2.05) is 31.2 Å². The highest BCUT2D eigenvalue weighted by atomic mass is 32.2. The molecular weight excluding hydrogens is 440 g/mol. The van der Waals surface area contributed by atoms with Crippen molar-refractivity contribution >= 4 is 21.6 Å². The first-order chi connectivity index (χ1) is 15.8. The maximum absolute atomic E-state index is 13.3. The highest BCUT2D eigenvalue weighted by molar-refractivity contribution is 7.92. The van der Waals surface area contributed by atoms with Crippen molar-refractivity contribution in [1.29, 1.82) is 0 Å². The minimum absolute atomic E-state index is 0.0885. The molecule has 33 heavy (non-hydrogen) atoms. The van der Waals surface area contributed by atoms with Crippen LogP contribution >= 0.6 is 0 Å². The smallest absolute Gasteiger partial charge is 0.264 e. The summed E-state index contributed by atoms with van der Waals surface area (Å²) in [5.74, 6) is 0.799. The normalized spacial score (nSPS) is 13.8. The van der Waals surface area contributed by atoms with Crippen molar-refractivity contribution in [2.45, 2.75) is 24.3 Å². The number of fused-ring (bicyclic) bond motifs is 1. The zero-order valence-corrected chi connectivity index (χ0v) is 19.6. The van der Waals surface area contributed by atoms with Crippen LogP contribution in [0.1, 0.15) is 34.5 Å². The maximum Gasteiger partial charge on any atom is 0.264 e. The fraction of sp³-hybridized carbons (Fsp3) is 0.240. The molecule has 1 unspecified atom stereocenters. The topological polar surface area (TPSA) is 84.9 Å². The van der Waals surface area contributed by atoms with E-state index in [0.29, 0.717) is 30.2 Å². The summed E-state index contributed by atoms with van der Waals surface area (Å²) in [5.41, 5.74) is 2.79. The SMILES string of the molecule is COc1ccc(C(C)NC(=O)c2cccc(S(=O)(=O)N3CCc4ccccc43)c2)cc1OC. The van der Waals surface area contributed by atoms with E-state index < -0.39 is 10.0 Å². The minimum atomic E-state index is -3.78. The third-order valence-electron chi connectivity index (χ3n) is 5.78. The summed E-state index contributed by atoms with van der Waals surface area (Å²) in [4.78, 5) is 13.0. The number of hydrogen-bond acceptors (Lipinski definition) is 5. The van der Waals surface area contributed by atoms with E-state index in [1.165, 1.54) is 16.4 Å². The molecule has 7 nitrogen and oxygen atoms in total. The van der Waals surface area contributed by atoms with Crippen LogP contribution < -0.4 is 19.1 Å². The Labute approximate surface area is 194 Å². The molecule has 0 aromatic heterocycles. The van der Waals surface area contributed by atoms with Gasteiger partial charge in [-0.3, -0.25) is 9.10 Å². The molecule has 0 fully saturated rings. The molecule has 172 valence electrons. The largest absolute Gasteiger partial charge is 0.493 e. The fourth-order valence-corrected chi connectivity index (χ4v) is 5.52. The number of para-hydroxylation sites is 1. The lowest BCUT2D eigenvalue weighted by Gasteiger charge is -2.20. The summed E-state index contributed by atoms with van der Waals surface area (Å²) < 4.78 is 38.6. The van der Waals surface area contributed by atoms with E-state index >= 15 is 0 Å². The Morgan fingerprint density at radius 1 is 0.970 bits per heavy atom. The van der Waals surface area contributed by atoms with Gasteiger partial charge in [0.05, 0.1) is 30.8 Å². The molecule has 8 heteroatoms. The third kappa shape index (κ3) is 4.39. The quantitative estimate of drug-likeness (QED) is 0.570. The summed E-state index contributed by atoms with van der Waals surface area (Å²) in [6.07, 6.45) is 0.665. The highest BCUT2D eigenvalue weighted by Crippen LogP contribution is 2.33. The van der Waals surface area contributed by atoms with Crippen LogP contribution in [0.25, 0.3) is 0 Å². The van der Waals surface area contributed by atoms with Gasteiger partial charge in [0.1, 0.15) is 0 Å². The van der Waals surface area contributed by atoms with Gasteiger partial charge < -0.3 is 14.8 Å². The zero-order valence-electron chi connectivity index (χ0n) is 18.7. The molecule has 1 aliphatic rings. The number of nitrogens with zero attached hydrogens (tertiary/aromatic N) is 1. The predicted molar refractivity (Wildman–Crippen MR) is 127 cm³/mol. The summed E-state index contributed by atoms with van der Waals surface area (Å²) in [7, 11) is -0.671. The van der Waals surface area contributed by atoms with Crippen molar-refractivity contribution in [1.82, 2.24) is 5.32 Å². The van der Waals surface area contributed by atoms with E-state index in [4.69, 9.17) is 9.47 Å². The number of amides is 1. The van der Waals surface area contributed by atoms with Gasteiger partial charge in [0, 0.05) is 12.1 Å². The van der Waals surface area contributed by atoms with Gasteiger partial charge in [0.25, 0.3) is 15.9 Å². The van der Waals surface area contributed by atoms with Crippen molar-refractivity contribution in [2.24, 2.45) is 0 Å². The lowest BCUT2D eigenvalue weighted by molar-refractivity contribution is 0.0939. The van der Waals surface area contributed by atoms with Crippen LogP contribution in [0.2, 0.25) is 0 Å². The van der Waals surface area contributed by atoms with Crippen LogP contribution in [0.4, 0.5) is 5.69 Å². The molecule has 0 saturated carbocycles. The van der Waals surface area contributed by atoms with E-state index in [2.05, 4.69) is 5.32 Å². The second-order valence-corrected chi connectivity index (χ2v) is 9.66. The number of anilines is 1. The van der Waals surface area contributed by atoms with Crippen molar-refractivity contribution < 1.29 is 22.7 Å². The number of hydrogen-bond donors (Lipinski definition) is 1. The van der Waals surface area contributed by atoms with E-state index in [0.717, 1.165) is 11.1 Å². The van der Waals surface area contributed by atoms with Crippen LogP contribution in [0.3, 0.4) is 0 Å². The molecule has 0 saturated heterocycles. The molecule has 1 atom stereocenters. The maximum atomic E-state index is 13.3. The Hall–Kier alpha value is -3.52. The number of ether oxygens (including phenoxy) is 2. The minimum Gasteiger partial charge on any atom is -0.493 e. The average Bonchev–Trinajstić information content (AvgIpc) is 3.28. The van der Waals surface area contributed by atoms with Crippen molar-refractivity contribution in [3.8, 4) is 11.5 Å². The van der Waals surface area contributed by atoms with Gasteiger partial charge in [-0.25, -0.2) is 8.42 Å². The number of sulfonamides is 1. The van der Waals surface area contributed by atoms with Gasteiger partial charge in [-0.15, -0.1) is 0 Å². The van der Waals surface area contributed by atoms with Gasteiger partial charge in [-0.05, 0) is 60.9 Å². The molecule has 3 aromatic rings. The molecule has 0 radical (unpaired) electrons. The van der Waals surface area contributed by atoms with Gasteiger partial charge in [-0.2, -0.15) is 0 Å². The van der Waals surface area contributed by atoms with Crippen LogP contribution in [-0.4, -0.2) is 35.1 Å². The third-order valence-corrected chi connectivity index (χ3v) is 7.59. The number of methoxy groups -OCH3 is 2. The van der Waals surface area contributed by atoms with E-state index in [1.54, 1.807) is 44.6 Å². The van der Waals surface area contributed by atoms with Crippen molar-refractivity contribution in [2.75, 3.05) is 25.1 Å². The van der Waals surface area contributed by atoms with E-state index in [-0.39, 0.29) is 22.4 Å². The molecule has 1 aliphatic heterocycles. The molecular formula is C25H26N2O5S. The summed E-state index contributed by atoms with van der Waals surface area (Å²) in [5, 5.41) is 2.92. The van der Waals surface area contributed by atoms with E-state index in [9.17, 15) is 13.2 Å². The molecule has 0 bridgehead atoms. The van der Waals surface area contributed by atoms with Crippen LogP contribution in [0.5, 0.6) is 11.5 Å². The Morgan fingerprint density at radius 3 is 2.48 bits per heavy atom. The molecule has 0 aliphatic carbocycles. The Balaban J connectivity index is 1.55. The van der Waals surface area contributed by atoms with Crippen molar-refractivity contribution in [3.63, 3.8) is 0 Å². The molecule has 1 amide bonds. The van der Waals surface area contributed by atoms with Crippen LogP contribution in [0, 0.1) is 0 Å². The van der Waals surface area contributed by atoms with Gasteiger partial charge >= 0.3 is 0 Å². The Bertz CT molecular complexity index is 1290. The molecule has 4 rings (SSSR count). The van der Waals surface area contributed by atoms with Gasteiger partial charge in [0.15, 0.2) is 11.5 Å². The molecule has 1 heterocycles. The number of carbonyl (C=O) groups is 1. The number of carbonyl (C=O) groups excluding carboxylic acids is 1. The zero-order chi connectivity index (χ0) is 23.6. The number of nitrogens with one attached hydrogen (secondary N) is 1. The summed E-state index contributed by atoms with van der Waals surface area (Å²) in [6, 6.07) is 18.7. The number of rotatable bonds is 7. The molecule has 3 aromatic carbocycles. The van der Waals surface area contributed by atoms with Crippen LogP contribution in [0.15, 0.2) is 71.6 Å². The van der Waals surface area contributed by atoms with Crippen molar-refractivity contribution in [3.05, 3.63) is 83.4 Å². The lowest BCUT2D eigenvalue weighted by Crippen LogP contribution is -2.30. The predicted octanol–water partition coefficient (Wildman–Crippen LogP) is 3.95. The lowest BCUT2D eigenvalue weighted by atomic mass is 10.1. The second-order valence-electron chi connectivity index (χ2n) is 7.79. The highest BCUT2D eigenvalue weighted by Gasteiger charge is 2.31. The summed E-state index contributed by atoms with van der Waals surface area (Å²) in [6.45, 7) is 2.23. The first-order valence-corrected chi connectivity index (χ1v) is 12.0. The standard InChI is InChI=1S/C25H26N2O5S/c1-17(19-11-12-23(31-2)24(16-19)32-3)26-25(28)20-8-6-9-21(15-20)33(29,30)27-14-13-18-7-4-5-10-22(18)27/h4-12,15-17H,13-14H2,1-3H3,(H,26,28). The Morgan fingerprint density at radius 2 is 1.73 bits per heavy atom. The second kappa shape index (κ2) is 9.15. The number of benzene rings is 3. The molecule has 1 N–H and O–H groups in total. The van der Waals surface area contributed by atoms with Gasteiger partial charge in [0.2, 0.25) is 0 Å². The average molecular weight is 467 g/mol.